The van der Waals surface area contributed by atoms with E-state index in [-0.39, 0.29) is 0 Å². The van der Waals surface area contributed by atoms with Gasteiger partial charge in [0.2, 0.25) is 0 Å². The van der Waals surface area contributed by atoms with Gasteiger partial charge in [0.25, 0.3) is 0 Å². The Kier molecular flexibility index (Phi) is 3.60. The summed E-state index contributed by atoms with van der Waals surface area (Å²) in [4.78, 5) is 11.1. The largest absolute Gasteiger partial charge is 0.385 e. The number of carbonyl (C=O) groups excluding carboxylic acids is 1. The molecule has 1 N–H and O–H groups in total. The van der Waals surface area contributed by atoms with E-state index >= 15 is 0 Å². The van der Waals surface area contributed by atoms with Gasteiger partial charge >= 0.3 is 0 Å². The van der Waals surface area contributed by atoms with E-state index < -0.39 is 0 Å². The van der Waals surface area contributed by atoms with Gasteiger partial charge < -0.3 is 5.32 Å². The lowest BCUT2D eigenvalue weighted by Gasteiger charge is -2.22. The highest BCUT2D eigenvalue weighted by Gasteiger charge is 2.18. The Morgan fingerprint density at radius 1 is 1.25 bits per heavy atom. The van der Waals surface area contributed by atoms with Crippen LogP contribution in [0.1, 0.15) is 31.2 Å². The second-order valence-corrected chi connectivity index (χ2v) is 4.68. The fraction of sp³-hybridized carbons (Fsp3) is 0.500. The molecule has 1 fully saturated rings. The molecule has 1 aromatic carbocycles. The van der Waals surface area contributed by atoms with Crippen LogP contribution < -0.4 is 5.32 Å². The van der Waals surface area contributed by atoms with Gasteiger partial charge in [-0.3, -0.25) is 4.79 Å². The Morgan fingerprint density at radius 3 is 2.62 bits per heavy atom. The highest BCUT2D eigenvalue weighted by Crippen LogP contribution is 2.22. The van der Waals surface area contributed by atoms with Gasteiger partial charge in [-0.1, -0.05) is 18.2 Å². The molecule has 1 aromatic rings. The van der Waals surface area contributed by atoms with Crippen LogP contribution in [0.4, 0.5) is 5.69 Å². The topological polar surface area (TPSA) is 29.1 Å². The molecule has 0 aliphatic heterocycles. The molecule has 0 heterocycles. The van der Waals surface area contributed by atoms with E-state index in [1.54, 1.807) is 0 Å². The second kappa shape index (κ2) is 5.15. The number of benzene rings is 1. The number of hydrogen-bond donors (Lipinski definition) is 1. The average Bonchev–Trinajstić information content (AvgIpc) is 2.30. The molecule has 2 heteroatoms. The lowest BCUT2D eigenvalue weighted by molar-refractivity contribution is -0.120. The first-order chi connectivity index (χ1) is 7.75. The van der Waals surface area contributed by atoms with Crippen LogP contribution in [-0.4, -0.2) is 12.3 Å². The minimum atomic E-state index is 0.437. The Balaban J connectivity index is 1.84. The van der Waals surface area contributed by atoms with E-state index in [0.29, 0.717) is 11.7 Å². The van der Waals surface area contributed by atoms with Crippen LogP contribution >= 0.6 is 0 Å². The van der Waals surface area contributed by atoms with E-state index in [4.69, 9.17) is 0 Å². The molecule has 1 aliphatic rings. The number of hydrogen-bond acceptors (Lipinski definition) is 2. The van der Waals surface area contributed by atoms with Crippen molar-refractivity contribution in [2.75, 3.05) is 11.9 Å². The highest BCUT2D eigenvalue weighted by atomic mass is 16.1. The van der Waals surface area contributed by atoms with Crippen LogP contribution in [-0.2, 0) is 4.79 Å². The van der Waals surface area contributed by atoms with Crippen LogP contribution in [0, 0.1) is 12.8 Å². The van der Waals surface area contributed by atoms with Crippen molar-refractivity contribution in [3.05, 3.63) is 29.8 Å². The number of Topliss-reactive ketones (excluding diaryl/α,β-unsaturated/α-hetero) is 1. The normalized spacial score (nSPS) is 17.4. The zero-order chi connectivity index (χ0) is 11.4. The zero-order valence-electron chi connectivity index (χ0n) is 9.83. The quantitative estimate of drug-likeness (QED) is 0.842. The number of anilines is 1. The predicted octanol–water partition coefficient (Wildman–Crippen LogP) is 3.17. The van der Waals surface area contributed by atoms with Gasteiger partial charge in [-0.25, -0.2) is 0 Å². The van der Waals surface area contributed by atoms with Crippen molar-refractivity contribution in [3.63, 3.8) is 0 Å². The predicted molar refractivity (Wildman–Crippen MR) is 66.6 cm³/mol. The number of carbonyl (C=O) groups is 1. The molecule has 0 spiro atoms. The molecule has 1 saturated carbocycles. The molecule has 2 nitrogen and oxygen atoms in total. The molecule has 0 unspecified atom stereocenters. The first kappa shape index (κ1) is 11.2. The first-order valence-electron chi connectivity index (χ1n) is 6.07. The molecule has 1 aliphatic carbocycles. The molecule has 0 radical (unpaired) electrons. The lowest BCUT2D eigenvalue weighted by Crippen LogP contribution is -2.21. The summed E-state index contributed by atoms with van der Waals surface area (Å²) in [5, 5.41) is 3.49. The Bertz CT molecular complexity index is 363. The number of rotatable bonds is 3. The summed E-state index contributed by atoms with van der Waals surface area (Å²) in [6.45, 7) is 3.12. The molecule has 0 aromatic heterocycles. The lowest BCUT2D eigenvalue weighted by atomic mass is 9.88. The van der Waals surface area contributed by atoms with E-state index in [9.17, 15) is 4.79 Å². The molecule has 16 heavy (non-hydrogen) atoms. The molecular formula is C14H19NO. The third-order valence-electron chi connectivity index (χ3n) is 3.39. The van der Waals surface area contributed by atoms with E-state index in [2.05, 4.69) is 36.5 Å². The van der Waals surface area contributed by atoms with Crippen molar-refractivity contribution < 1.29 is 4.79 Å². The average molecular weight is 217 g/mol. The zero-order valence-corrected chi connectivity index (χ0v) is 9.83. The summed E-state index contributed by atoms with van der Waals surface area (Å²) >= 11 is 0. The standard InChI is InChI=1S/C14H19NO/c1-11-4-2-3-5-14(11)15-10-12-6-8-13(16)9-7-12/h2-5,12,15H,6-10H2,1H3. The number of ketones is 1. The summed E-state index contributed by atoms with van der Waals surface area (Å²) in [7, 11) is 0. The van der Waals surface area contributed by atoms with Crippen molar-refractivity contribution >= 4 is 11.5 Å². The SMILES string of the molecule is Cc1ccccc1NCC1CCC(=O)CC1. The fourth-order valence-corrected chi connectivity index (χ4v) is 2.23. The number of aryl methyl sites for hydroxylation is 1. The Morgan fingerprint density at radius 2 is 1.94 bits per heavy atom. The van der Waals surface area contributed by atoms with Gasteiger partial charge in [0.05, 0.1) is 0 Å². The van der Waals surface area contributed by atoms with Crippen molar-refractivity contribution in [1.29, 1.82) is 0 Å². The third-order valence-corrected chi connectivity index (χ3v) is 3.39. The monoisotopic (exact) mass is 217 g/mol. The number of para-hydroxylation sites is 1. The maximum absolute atomic E-state index is 11.1. The molecule has 86 valence electrons. The van der Waals surface area contributed by atoms with Crippen LogP contribution in [0.5, 0.6) is 0 Å². The summed E-state index contributed by atoms with van der Waals surface area (Å²) in [6.07, 6.45) is 3.66. The van der Waals surface area contributed by atoms with Gasteiger partial charge in [-0.15, -0.1) is 0 Å². The van der Waals surface area contributed by atoms with Crippen LogP contribution in [0.3, 0.4) is 0 Å². The van der Waals surface area contributed by atoms with E-state index in [1.807, 2.05) is 0 Å². The van der Waals surface area contributed by atoms with Gasteiger partial charge in [-0.05, 0) is 37.3 Å². The van der Waals surface area contributed by atoms with Gasteiger partial charge in [0.15, 0.2) is 0 Å². The van der Waals surface area contributed by atoms with E-state index in [1.165, 1.54) is 11.3 Å². The second-order valence-electron chi connectivity index (χ2n) is 4.68. The van der Waals surface area contributed by atoms with Gasteiger partial charge in [-0.2, -0.15) is 0 Å². The van der Waals surface area contributed by atoms with Gasteiger partial charge in [0.1, 0.15) is 5.78 Å². The maximum atomic E-state index is 11.1. The van der Waals surface area contributed by atoms with Crippen LogP contribution in [0.25, 0.3) is 0 Å². The van der Waals surface area contributed by atoms with Crippen LogP contribution in [0.2, 0.25) is 0 Å². The van der Waals surface area contributed by atoms with Crippen molar-refractivity contribution in [2.45, 2.75) is 32.6 Å². The minimum Gasteiger partial charge on any atom is -0.385 e. The van der Waals surface area contributed by atoms with Gasteiger partial charge in [0, 0.05) is 25.1 Å². The molecule has 0 bridgehead atoms. The highest BCUT2D eigenvalue weighted by molar-refractivity contribution is 5.79. The van der Waals surface area contributed by atoms with E-state index in [0.717, 1.165) is 32.2 Å². The fourth-order valence-electron chi connectivity index (χ4n) is 2.23. The number of nitrogens with one attached hydrogen (secondary N) is 1. The molecule has 2 rings (SSSR count). The summed E-state index contributed by atoms with van der Waals surface area (Å²) < 4.78 is 0. The molecule has 0 atom stereocenters. The molecule has 0 saturated heterocycles. The summed E-state index contributed by atoms with van der Waals surface area (Å²) in [6, 6.07) is 8.34. The Hall–Kier alpha value is -1.31. The summed E-state index contributed by atoms with van der Waals surface area (Å²) in [5.74, 6) is 1.10. The minimum absolute atomic E-state index is 0.437. The smallest absolute Gasteiger partial charge is 0.132 e. The first-order valence-corrected chi connectivity index (χ1v) is 6.07. The maximum Gasteiger partial charge on any atom is 0.132 e. The van der Waals surface area contributed by atoms with Crippen LogP contribution in [0.15, 0.2) is 24.3 Å². The third kappa shape index (κ3) is 2.84. The Labute approximate surface area is 97.1 Å². The van der Waals surface area contributed by atoms with Crippen molar-refractivity contribution in [1.82, 2.24) is 0 Å². The molecular weight excluding hydrogens is 198 g/mol. The molecule has 0 amide bonds. The van der Waals surface area contributed by atoms with Crippen molar-refractivity contribution in [2.24, 2.45) is 5.92 Å². The summed E-state index contributed by atoms with van der Waals surface area (Å²) in [5.41, 5.74) is 2.51. The van der Waals surface area contributed by atoms with Crippen molar-refractivity contribution in [3.8, 4) is 0 Å².